The van der Waals surface area contributed by atoms with Gasteiger partial charge in [-0.3, -0.25) is 4.79 Å². The number of carbonyl (C=O) groups is 1. The largest absolute Gasteiger partial charge is 0.482 e. The Labute approximate surface area is 144 Å². The first-order valence-corrected chi connectivity index (χ1v) is 7.52. The summed E-state index contributed by atoms with van der Waals surface area (Å²) in [5.41, 5.74) is 4.22. The van der Waals surface area contributed by atoms with Gasteiger partial charge in [0.25, 0.3) is 5.91 Å². The summed E-state index contributed by atoms with van der Waals surface area (Å²) in [6.07, 6.45) is 0. The standard InChI is InChI=1S/C18H15N3O4/c1-12(13-6-7-16-17(8-13)25-11-24-16)20-21-18(22)10-23-15-5-3-2-4-14(15)9-19/h2-8H,10-11H2,1H3,(H,21,22)/b20-12-. The molecule has 7 nitrogen and oxygen atoms in total. The molecule has 0 bridgehead atoms. The van der Waals surface area contributed by atoms with Gasteiger partial charge in [0.05, 0.1) is 11.3 Å². The van der Waals surface area contributed by atoms with Gasteiger partial charge in [0, 0.05) is 5.56 Å². The molecule has 3 rings (SSSR count). The predicted octanol–water partition coefficient (Wildman–Crippen LogP) is 2.21. The number of ether oxygens (including phenoxy) is 3. The molecule has 0 unspecified atom stereocenters. The summed E-state index contributed by atoms with van der Waals surface area (Å²) in [5.74, 6) is 1.27. The highest BCUT2D eigenvalue weighted by Crippen LogP contribution is 2.32. The molecule has 126 valence electrons. The Hall–Kier alpha value is -3.53. The molecule has 0 spiro atoms. The number of benzene rings is 2. The first-order valence-electron chi connectivity index (χ1n) is 7.52. The second kappa shape index (κ2) is 7.36. The van der Waals surface area contributed by atoms with Crippen LogP contribution >= 0.6 is 0 Å². The maximum absolute atomic E-state index is 11.9. The van der Waals surface area contributed by atoms with Crippen molar-refractivity contribution in [3.05, 3.63) is 53.6 Å². The fourth-order valence-corrected chi connectivity index (χ4v) is 2.19. The minimum Gasteiger partial charge on any atom is -0.482 e. The Morgan fingerprint density at radius 3 is 2.92 bits per heavy atom. The van der Waals surface area contributed by atoms with Gasteiger partial charge < -0.3 is 14.2 Å². The van der Waals surface area contributed by atoms with E-state index in [0.717, 1.165) is 5.56 Å². The summed E-state index contributed by atoms with van der Waals surface area (Å²) >= 11 is 0. The number of hydrazone groups is 1. The van der Waals surface area contributed by atoms with Crippen LogP contribution in [-0.2, 0) is 4.79 Å². The molecule has 1 aliphatic heterocycles. The minimum atomic E-state index is -0.423. The third-order valence-corrected chi connectivity index (χ3v) is 3.50. The molecule has 0 saturated carbocycles. The van der Waals surface area contributed by atoms with Crippen molar-refractivity contribution < 1.29 is 19.0 Å². The van der Waals surface area contributed by atoms with Gasteiger partial charge in [-0.05, 0) is 37.3 Å². The van der Waals surface area contributed by atoms with Gasteiger partial charge >= 0.3 is 0 Å². The van der Waals surface area contributed by atoms with Crippen LogP contribution in [0.15, 0.2) is 47.6 Å². The van der Waals surface area contributed by atoms with Gasteiger partial charge in [0.1, 0.15) is 11.8 Å². The molecule has 0 atom stereocenters. The summed E-state index contributed by atoms with van der Waals surface area (Å²) in [4.78, 5) is 11.9. The lowest BCUT2D eigenvalue weighted by molar-refractivity contribution is -0.123. The van der Waals surface area contributed by atoms with Gasteiger partial charge in [0.2, 0.25) is 6.79 Å². The monoisotopic (exact) mass is 337 g/mol. The number of hydrogen-bond acceptors (Lipinski definition) is 6. The first-order chi connectivity index (χ1) is 12.2. The second-order valence-electron chi connectivity index (χ2n) is 5.20. The highest BCUT2D eigenvalue weighted by Gasteiger charge is 2.14. The van der Waals surface area contributed by atoms with Crippen LogP contribution in [0.5, 0.6) is 17.2 Å². The normalized spacial score (nSPS) is 12.4. The van der Waals surface area contributed by atoms with Gasteiger partial charge in [-0.1, -0.05) is 12.1 Å². The summed E-state index contributed by atoms with van der Waals surface area (Å²) in [5, 5.41) is 13.0. The zero-order valence-electron chi connectivity index (χ0n) is 13.5. The van der Waals surface area contributed by atoms with Crippen LogP contribution in [0.25, 0.3) is 0 Å². The molecule has 25 heavy (non-hydrogen) atoms. The summed E-state index contributed by atoms with van der Waals surface area (Å²) in [6, 6.07) is 14.1. The molecular formula is C18H15N3O4. The van der Waals surface area contributed by atoms with E-state index in [1.54, 1.807) is 43.3 Å². The molecule has 1 amide bonds. The van der Waals surface area contributed by atoms with Gasteiger partial charge in [0.15, 0.2) is 18.1 Å². The van der Waals surface area contributed by atoms with Gasteiger partial charge in [-0.25, -0.2) is 5.43 Å². The number of carbonyl (C=O) groups excluding carboxylic acids is 1. The van der Waals surface area contributed by atoms with Crippen molar-refractivity contribution in [1.82, 2.24) is 5.43 Å². The number of amides is 1. The molecule has 1 aliphatic rings. The second-order valence-corrected chi connectivity index (χ2v) is 5.20. The highest BCUT2D eigenvalue weighted by atomic mass is 16.7. The van der Waals surface area contributed by atoms with Crippen molar-refractivity contribution in [1.29, 1.82) is 5.26 Å². The number of nitrogens with one attached hydrogen (secondary N) is 1. The quantitative estimate of drug-likeness (QED) is 0.667. The van der Waals surface area contributed by atoms with E-state index in [9.17, 15) is 4.79 Å². The average Bonchev–Trinajstić information content (AvgIpc) is 3.12. The van der Waals surface area contributed by atoms with E-state index in [1.807, 2.05) is 12.1 Å². The number of para-hydroxylation sites is 1. The number of nitrogens with zero attached hydrogens (tertiary/aromatic N) is 2. The van der Waals surface area contributed by atoms with Crippen molar-refractivity contribution in [2.45, 2.75) is 6.92 Å². The van der Waals surface area contributed by atoms with E-state index < -0.39 is 5.91 Å². The van der Waals surface area contributed by atoms with Crippen LogP contribution in [0.4, 0.5) is 0 Å². The summed E-state index contributed by atoms with van der Waals surface area (Å²) in [7, 11) is 0. The Bertz CT molecular complexity index is 871. The SMILES string of the molecule is C/C(=N/NC(=O)COc1ccccc1C#N)c1ccc2c(c1)OCO2. The topological polar surface area (TPSA) is 92.9 Å². The van der Waals surface area contributed by atoms with Crippen LogP contribution in [0.1, 0.15) is 18.1 Å². The summed E-state index contributed by atoms with van der Waals surface area (Å²) in [6.45, 7) is 1.73. The zero-order chi connectivity index (χ0) is 17.6. The molecule has 2 aromatic carbocycles. The minimum absolute atomic E-state index is 0.202. The molecule has 0 fully saturated rings. The van der Waals surface area contributed by atoms with E-state index in [0.29, 0.717) is 28.5 Å². The molecule has 1 heterocycles. The maximum Gasteiger partial charge on any atom is 0.277 e. The van der Waals surface area contributed by atoms with Crippen LogP contribution in [-0.4, -0.2) is 25.0 Å². The van der Waals surface area contributed by atoms with Crippen molar-refractivity contribution in [3.63, 3.8) is 0 Å². The van der Waals surface area contributed by atoms with Crippen molar-refractivity contribution in [3.8, 4) is 23.3 Å². The Morgan fingerprint density at radius 1 is 1.28 bits per heavy atom. The van der Waals surface area contributed by atoms with Gasteiger partial charge in [-0.15, -0.1) is 0 Å². The highest BCUT2D eigenvalue weighted by molar-refractivity contribution is 5.99. The maximum atomic E-state index is 11.9. The molecular weight excluding hydrogens is 322 g/mol. The molecule has 1 N–H and O–H groups in total. The van der Waals surface area contributed by atoms with Crippen molar-refractivity contribution >= 4 is 11.6 Å². The molecule has 0 saturated heterocycles. The van der Waals surface area contributed by atoms with Crippen LogP contribution in [0.2, 0.25) is 0 Å². The van der Waals surface area contributed by atoms with E-state index in [2.05, 4.69) is 10.5 Å². The van der Waals surface area contributed by atoms with Crippen LogP contribution < -0.4 is 19.6 Å². The molecule has 7 heteroatoms. The van der Waals surface area contributed by atoms with Crippen molar-refractivity contribution in [2.24, 2.45) is 5.10 Å². The van der Waals surface area contributed by atoms with E-state index in [-0.39, 0.29) is 13.4 Å². The zero-order valence-corrected chi connectivity index (χ0v) is 13.5. The van der Waals surface area contributed by atoms with Crippen molar-refractivity contribution in [2.75, 3.05) is 13.4 Å². The molecule has 0 aromatic heterocycles. The van der Waals surface area contributed by atoms with E-state index in [4.69, 9.17) is 19.5 Å². The first kappa shape index (κ1) is 16.3. The summed E-state index contributed by atoms with van der Waals surface area (Å²) < 4.78 is 15.9. The van der Waals surface area contributed by atoms with Crippen LogP contribution in [0.3, 0.4) is 0 Å². The van der Waals surface area contributed by atoms with Crippen LogP contribution in [0, 0.1) is 11.3 Å². The fraction of sp³-hybridized carbons (Fsp3) is 0.167. The van der Waals surface area contributed by atoms with E-state index in [1.165, 1.54) is 0 Å². The predicted molar refractivity (Wildman–Crippen MR) is 89.6 cm³/mol. The fourth-order valence-electron chi connectivity index (χ4n) is 2.19. The molecule has 0 aliphatic carbocycles. The molecule has 0 radical (unpaired) electrons. The average molecular weight is 337 g/mol. The number of fused-ring (bicyclic) bond motifs is 1. The number of hydrogen-bond donors (Lipinski definition) is 1. The van der Waals surface area contributed by atoms with E-state index >= 15 is 0 Å². The Morgan fingerprint density at radius 2 is 2.08 bits per heavy atom. The Kier molecular flexibility index (Phi) is 4.81. The lowest BCUT2D eigenvalue weighted by Crippen LogP contribution is -2.25. The molecule has 2 aromatic rings. The smallest absolute Gasteiger partial charge is 0.277 e. The van der Waals surface area contributed by atoms with Gasteiger partial charge in [-0.2, -0.15) is 10.4 Å². The number of nitriles is 1. The number of rotatable bonds is 5. The third-order valence-electron chi connectivity index (χ3n) is 3.50. The lowest BCUT2D eigenvalue weighted by atomic mass is 10.1. The lowest BCUT2D eigenvalue weighted by Gasteiger charge is -2.07. The third kappa shape index (κ3) is 3.87. The Balaban J connectivity index is 1.58.